The van der Waals surface area contributed by atoms with Crippen molar-refractivity contribution < 1.29 is 14.2 Å². The van der Waals surface area contributed by atoms with Crippen LogP contribution < -0.4 is 9.47 Å². The van der Waals surface area contributed by atoms with Crippen LogP contribution in [-0.2, 0) is 4.74 Å². The molecule has 0 amide bonds. The quantitative estimate of drug-likeness (QED) is 0.278. The standard InChI is InChI=1S/C25H38N2O3/c1-3-5-7-8-9-11-17-29-23-14-12-22(13-15-23)25-26-20-24(21-27-25)30-19-18-28-16-10-6-4-2/h12-15,20-21H,3-11,16-19H2,1-2H3. The largest absolute Gasteiger partial charge is 0.494 e. The highest BCUT2D eigenvalue weighted by Crippen LogP contribution is 2.20. The Labute approximate surface area is 182 Å². The summed E-state index contributed by atoms with van der Waals surface area (Å²) < 4.78 is 17.0. The van der Waals surface area contributed by atoms with Crippen molar-refractivity contribution >= 4 is 0 Å². The minimum absolute atomic E-state index is 0.513. The predicted octanol–water partition coefficient (Wildman–Crippen LogP) is 6.47. The van der Waals surface area contributed by atoms with Crippen LogP contribution in [0.1, 0.15) is 71.6 Å². The summed E-state index contributed by atoms with van der Waals surface area (Å²) in [7, 11) is 0. The molecule has 0 atom stereocenters. The van der Waals surface area contributed by atoms with E-state index in [-0.39, 0.29) is 0 Å². The Morgan fingerprint density at radius 3 is 1.93 bits per heavy atom. The lowest BCUT2D eigenvalue weighted by Gasteiger charge is -2.08. The van der Waals surface area contributed by atoms with Crippen molar-refractivity contribution in [1.29, 1.82) is 0 Å². The molecule has 1 heterocycles. The Kier molecular flexibility index (Phi) is 12.6. The van der Waals surface area contributed by atoms with E-state index in [4.69, 9.17) is 14.2 Å². The van der Waals surface area contributed by atoms with E-state index in [1.165, 1.54) is 44.9 Å². The molecule has 0 aliphatic heterocycles. The van der Waals surface area contributed by atoms with Crippen LogP contribution in [0.2, 0.25) is 0 Å². The fraction of sp³-hybridized carbons (Fsp3) is 0.600. The van der Waals surface area contributed by atoms with Crippen molar-refractivity contribution in [3.05, 3.63) is 36.7 Å². The minimum Gasteiger partial charge on any atom is -0.494 e. The molecule has 0 bridgehead atoms. The molecule has 0 radical (unpaired) electrons. The van der Waals surface area contributed by atoms with E-state index in [1.807, 2.05) is 24.3 Å². The molecule has 0 spiro atoms. The molecule has 2 rings (SSSR count). The van der Waals surface area contributed by atoms with Crippen LogP contribution in [-0.4, -0.2) is 36.4 Å². The van der Waals surface area contributed by atoms with Crippen LogP contribution in [0.15, 0.2) is 36.7 Å². The van der Waals surface area contributed by atoms with Gasteiger partial charge in [-0.05, 0) is 37.1 Å². The highest BCUT2D eigenvalue weighted by Gasteiger charge is 2.03. The van der Waals surface area contributed by atoms with Gasteiger partial charge < -0.3 is 14.2 Å². The summed E-state index contributed by atoms with van der Waals surface area (Å²) >= 11 is 0. The number of aromatic nitrogens is 2. The lowest BCUT2D eigenvalue weighted by atomic mass is 10.1. The lowest BCUT2D eigenvalue weighted by molar-refractivity contribution is 0.0971. The normalized spacial score (nSPS) is 10.9. The molecule has 0 N–H and O–H groups in total. The second-order valence-corrected chi connectivity index (χ2v) is 7.55. The summed E-state index contributed by atoms with van der Waals surface area (Å²) in [4.78, 5) is 8.82. The maximum Gasteiger partial charge on any atom is 0.159 e. The Hall–Kier alpha value is -2.14. The zero-order valence-corrected chi connectivity index (χ0v) is 18.8. The number of hydrogen-bond acceptors (Lipinski definition) is 5. The summed E-state index contributed by atoms with van der Waals surface area (Å²) in [5, 5.41) is 0. The van der Waals surface area contributed by atoms with Gasteiger partial charge in [-0.15, -0.1) is 0 Å². The third-order valence-corrected chi connectivity index (χ3v) is 4.90. The van der Waals surface area contributed by atoms with Crippen molar-refractivity contribution in [3.63, 3.8) is 0 Å². The molecule has 5 heteroatoms. The van der Waals surface area contributed by atoms with Gasteiger partial charge in [0, 0.05) is 12.2 Å². The first-order valence-electron chi connectivity index (χ1n) is 11.6. The second-order valence-electron chi connectivity index (χ2n) is 7.55. The van der Waals surface area contributed by atoms with Crippen LogP contribution in [0.4, 0.5) is 0 Å². The summed E-state index contributed by atoms with van der Waals surface area (Å²) in [5.41, 5.74) is 0.965. The number of hydrogen-bond donors (Lipinski definition) is 0. The van der Waals surface area contributed by atoms with Gasteiger partial charge in [0.1, 0.15) is 12.4 Å². The van der Waals surface area contributed by atoms with E-state index in [0.29, 0.717) is 24.8 Å². The minimum atomic E-state index is 0.513. The SMILES string of the molecule is CCCCCCCCOc1ccc(-c2ncc(OCCOCCCCC)cn2)cc1. The van der Waals surface area contributed by atoms with E-state index in [2.05, 4.69) is 23.8 Å². The average Bonchev–Trinajstić information content (AvgIpc) is 2.79. The monoisotopic (exact) mass is 414 g/mol. The Bertz CT molecular complexity index is 600. The predicted molar refractivity (Wildman–Crippen MR) is 122 cm³/mol. The molecule has 0 aliphatic carbocycles. The van der Waals surface area contributed by atoms with Gasteiger partial charge in [0.05, 0.1) is 25.6 Å². The van der Waals surface area contributed by atoms with Gasteiger partial charge in [-0.1, -0.05) is 58.8 Å². The van der Waals surface area contributed by atoms with Gasteiger partial charge in [0.2, 0.25) is 0 Å². The smallest absolute Gasteiger partial charge is 0.159 e. The Morgan fingerprint density at radius 2 is 1.20 bits per heavy atom. The van der Waals surface area contributed by atoms with E-state index in [9.17, 15) is 0 Å². The lowest BCUT2D eigenvalue weighted by Crippen LogP contribution is -2.08. The van der Waals surface area contributed by atoms with Gasteiger partial charge >= 0.3 is 0 Å². The van der Waals surface area contributed by atoms with Crippen molar-refractivity contribution in [3.8, 4) is 22.9 Å². The molecular formula is C25H38N2O3. The number of unbranched alkanes of at least 4 members (excludes halogenated alkanes) is 7. The molecule has 1 aromatic carbocycles. The van der Waals surface area contributed by atoms with E-state index in [1.54, 1.807) is 12.4 Å². The van der Waals surface area contributed by atoms with Crippen LogP contribution in [0, 0.1) is 0 Å². The highest BCUT2D eigenvalue weighted by atomic mass is 16.5. The second kappa shape index (κ2) is 15.7. The molecule has 0 saturated heterocycles. The molecule has 0 unspecified atom stereocenters. The fourth-order valence-corrected chi connectivity index (χ4v) is 3.09. The van der Waals surface area contributed by atoms with Gasteiger partial charge in [-0.3, -0.25) is 0 Å². The highest BCUT2D eigenvalue weighted by molar-refractivity contribution is 5.56. The van der Waals surface area contributed by atoms with Crippen LogP contribution in [0.3, 0.4) is 0 Å². The zero-order chi connectivity index (χ0) is 21.3. The van der Waals surface area contributed by atoms with Gasteiger partial charge in [-0.2, -0.15) is 0 Å². The van der Waals surface area contributed by atoms with Crippen LogP contribution in [0.5, 0.6) is 11.5 Å². The van der Waals surface area contributed by atoms with Crippen molar-refractivity contribution in [2.75, 3.05) is 26.4 Å². The molecule has 5 nitrogen and oxygen atoms in total. The molecule has 166 valence electrons. The number of rotatable bonds is 17. The van der Waals surface area contributed by atoms with E-state index < -0.39 is 0 Å². The third kappa shape index (κ3) is 10.1. The Balaban J connectivity index is 1.65. The number of nitrogens with zero attached hydrogens (tertiary/aromatic N) is 2. The molecule has 0 saturated carbocycles. The average molecular weight is 415 g/mol. The molecule has 2 aromatic rings. The van der Waals surface area contributed by atoms with Gasteiger partial charge in [0.25, 0.3) is 0 Å². The number of ether oxygens (including phenoxy) is 3. The van der Waals surface area contributed by atoms with Crippen LogP contribution in [0.25, 0.3) is 11.4 Å². The molecule has 0 aliphatic rings. The summed E-state index contributed by atoms with van der Waals surface area (Å²) in [6, 6.07) is 7.96. The molecule has 0 fully saturated rings. The van der Waals surface area contributed by atoms with Crippen molar-refractivity contribution in [1.82, 2.24) is 9.97 Å². The van der Waals surface area contributed by atoms with Gasteiger partial charge in [-0.25, -0.2) is 9.97 Å². The molecule has 1 aromatic heterocycles. The van der Waals surface area contributed by atoms with Gasteiger partial charge in [0.15, 0.2) is 11.6 Å². The maximum atomic E-state index is 5.84. The summed E-state index contributed by atoms with van der Waals surface area (Å²) in [5.74, 6) is 2.24. The number of benzene rings is 1. The first kappa shape index (κ1) is 24.1. The third-order valence-electron chi connectivity index (χ3n) is 4.90. The van der Waals surface area contributed by atoms with Crippen molar-refractivity contribution in [2.45, 2.75) is 71.6 Å². The van der Waals surface area contributed by atoms with Crippen molar-refractivity contribution in [2.24, 2.45) is 0 Å². The Morgan fingerprint density at radius 1 is 0.600 bits per heavy atom. The van der Waals surface area contributed by atoms with Crippen LogP contribution >= 0.6 is 0 Å². The van der Waals surface area contributed by atoms with E-state index >= 15 is 0 Å². The molecular weight excluding hydrogens is 376 g/mol. The fourth-order valence-electron chi connectivity index (χ4n) is 3.09. The summed E-state index contributed by atoms with van der Waals surface area (Å²) in [6.07, 6.45) is 14.6. The maximum absolute atomic E-state index is 5.84. The topological polar surface area (TPSA) is 53.5 Å². The molecule has 30 heavy (non-hydrogen) atoms. The first-order chi connectivity index (χ1) is 14.8. The van der Waals surface area contributed by atoms with E-state index in [0.717, 1.165) is 37.4 Å². The first-order valence-corrected chi connectivity index (χ1v) is 11.6. The zero-order valence-electron chi connectivity index (χ0n) is 18.8. The summed E-state index contributed by atoms with van der Waals surface area (Å²) in [6.45, 7) is 7.10.